The van der Waals surface area contributed by atoms with Crippen LogP contribution in [-0.2, 0) is 4.74 Å². The number of ether oxygens (including phenoxy) is 1. The Morgan fingerprint density at radius 1 is 1.43 bits per heavy atom. The molecule has 1 aliphatic carbocycles. The summed E-state index contributed by atoms with van der Waals surface area (Å²) in [6.45, 7) is 6.75. The second kappa shape index (κ2) is 4.81. The minimum Gasteiger partial charge on any atom is -0.432 e. The lowest BCUT2D eigenvalue weighted by Gasteiger charge is -2.56. The second-order valence-electron chi connectivity index (χ2n) is 7.69. The highest BCUT2D eigenvalue weighted by molar-refractivity contribution is 5.92. The molecule has 0 N–H and O–H groups in total. The average Bonchev–Trinajstić information content (AvgIpc) is 3.06. The van der Waals surface area contributed by atoms with Gasteiger partial charge < -0.3 is 14.1 Å². The van der Waals surface area contributed by atoms with Crippen LogP contribution in [0, 0.1) is 16.7 Å². The Hall–Kier alpha value is -1.88. The van der Waals surface area contributed by atoms with Crippen LogP contribution in [0.5, 0.6) is 0 Å². The Bertz CT molecular complexity index is 733. The van der Waals surface area contributed by atoms with Gasteiger partial charge >= 0.3 is 5.91 Å². The molecule has 1 saturated carbocycles. The summed E-state index contributed by atoms with van der Waals surface area (Å²) in [7, 11) is 1.74. The van der Waals surface area contributed by atoms with E-state index >= 15 is 0 Å². The molecule has 1 saturated heterocycles. The van der Waals surface area contributed by atoms with Gasteiger partial charge in [-0.25, -0.2) is 4.98 Å². The van der Waals surface area contributed by atoms with Crippen LogP contribution in [0.15, 0.2) is 28.7 Å². The number of amides is 1. The number of nitrogens with zero attached hydrogens (tertiary/aromatic N) is 2. The molecule has 1 aliphatic heterocycles. The van der Waals surface area contributed by atoms with Crippen LogP contribution in [0.4, 0.5) is 0 Å². The van der Waals surface area contributed by atoms with E-state index in [9.17, 15) is 4.79 Å². The van der Waals surface area contributed by atoms with Gasteiger partial charge in [-0.15, -0.1) is 0 Å². The standard InChI is InChI=1S/C18H22N2O3/c1-17(2)9-18(11-22-3)10-20(8-14(17)18)16(21)15-19-12-6-4-5-7-13(12)23-15/h4-7,14H,8-11H2,1-3H3/t14-,18-/m1/s1. The quantitative estimate of drug-likeness (QED) is 0.874. The largest absolute Gasteiger partial charge is 0.432 e. The van der Waals surface area contributed by atoms with E-state index in [0.717, 1.165) is 25.0 Å². The molecule has 0 spiro atoms. The van der Waals surface area contributed by atoms with Gasteiger partial charge in [0.1, 0.15) is 5.52 Å². The van der Waals surface area contributed by atoms with Crippen LogP contribution < -0.4 is 0 Å². The number of fused-ring (bicyclic) bond motifs is 2. The van der Waals surface area contributed by atoms with E-state index in [1.807, 2.05) is 29.2 Å². The Morgan fingerprint density at radius 2 is 2.22 bits per heavy atom. The molecule has 0 unspecified atom stereocenters. The zero-order chi connectivity index (χ0) is 16.2. The van der Waals surface area contributed by atoms with Crippen molar-refractivity contribution >= 4 is 17.0 Å². The van der Waals surface area contributed by atoms with E-state index in [0.29, 0.717) is 18.1 Å². The first-order valence-corrected chi connectivity index (χ1v) is 8.09. The summed E-state index contributed by atoms with van der Waals surface area (Å²) in [4.78, 5) is 19.1. The predicted octanol–water partition coefficient (Wildman–Crippen LogP) is 2.96. The first kappa shape index (κ1) is 14.7. The third-order valence-corrected chi connectivity index (χ3v) is 5.59. The van der Waals surface area contributed by atoms with Gasteiger partial charge in [-0.1, -0.05) is 26.0 Å². The first-order chi connectivity index (χ1) is 11.0. The summed E-state index contributed by atoms with van der Waals surface area (Å²) in [5, 5.41) is 0. The van der Waals surface area contributed by atoms with E-state index in [2.05, 4.69) is 18.8 Å². The van der Waals surface area contributed by atoms with Crippen LogP contribution in [0.2, 0.25) is 0 Å². The molecule has 0 radical (unpaired) electrons. The van der Waals surface area contributed by atoms with E-state index < -0.39 is 0 Å². The topological polar surface area (TPSA) is 55.6 Å². The molecule has 1 aromatic carbocycles. The summed E-state index contributed by atoms with van der Waals surface area (Å²) >= 11 is 0. The van der Waals surface area contributed by atoms with Crippen molar-refractivity contribution in [2.24, 2.45) is 16.7 Å². The summed E-state index contributed by atoms with van der Waals surface area (Å²) in [5.74, 6) is 0.558. The molecule has 5 heteroatoms. The highest BCUT2D eigenvalue weighted by atomic mass is 16.5. The van der Waals surface area contributed by atoms with Crippen LogP contribution >= 0.6 is 0 Å². The number of oxazole rings is 1. The van der Waals surface area contributed by atoms with E-state index in [1.54, 1.807) is 7.11 Å². The van der Waals surface area contributed by atoms with Crippen LogP contribution in [0.1, 0.15) is 31.0 Å². The minimum atomic E-state index is -0.109. The Kier molecular flexibility index (Phi) is 3.07. The molecule has 1 amide bonds. The second-order valence-corrected chi connectivity index (χ2v) is 7.69. The van der Waals surface area contributed by atoms with E-state index in [4.69, 9.17) is 9.15 Å². The zero-order valence-corrected chi connectivity index (χ0v) is 13.8. The van der Waals surface area contributed by atoms with Crippen LogP contribution in [0.25, 0.3) is 11.1 Å². The average molecular weight is 314 g/mol. The fourth-order valence-corrected chi connectivity index (χ4v) is 4.86. The van der Waals surface area contributed by atoms with Crippen LogP contribution in [-0.4, -0.2) is 42.6 Å². The number of benzene rings is 1. The number of likely N-dealkylation sites (tertiary alicyclic amines) is 1. The van der Waals surface area contributed by atoms with Gasteiger partial charge in [0.15, 0.2) is 5.58 Å². The van der Waals surface area contributed by atoms with Crippen molar-refractivity contribution in [1.82, 2.24) is 9.88 Å². The summed E-state index contributed by atoms with van der Waals surface area (Å²) in [5.41, 5.74) is 1.74. The van der Waals surface area contributed by atoms with Gasteiger partial charge in [0, 0.05) is 25.6 Å². The summed E-state index contributed by atoms with van der Waals surface area (Å²) in [6, 6.07) is 7.47. The van der Waals surface area contributed by atoms with Gasteiger partial charge in [0.25, 0.3) is 5.89 Å². The molecule has 1 aromatic heterocycles. The maximum Gasteiger partial charge on any atom is 0.309 e. The maximum absolute atomic E-state index is 12.8. The Morgan fingerprint density at radius 3 is 2.91 bits per heavy atom. The van der Waals surface area contributed by atoms with Crippen molar-refractivity contribution < 1.29 is 13.9 Å². The van der Waals surface area contributed by atoms with E-state index in [1.165, 1.54) is 0 Å². The zero-order valence-electron chi connectivity index (χ0n) is 13.8. The molecule has 2 aliphatic rings. The van der Waals surface area contributed by atoms with Crippen LogP contribution in [0.3, 0.4) is 0 Å². The van der Waals surface area contributed by atoms with E-state index in [-0.39, 0.29) is 22.6 Å². The molecular weight excluding hydrogens is 292 g/mol. The molecule has 0 bridgehead atoms. The molecular formula is C18H22N2O3. The van der Waals surface area contributed by atoms with Crippen molar-refractivity contribution in [3.05, 3.63) is 30.2 Å². The number of rotatable bonds is 3. The molecule has 2 heterocycles. The number of carbonyl (C=O) groups excluding carboxylic acids is 1. The maximum atomic E-state index is 12.8. The number of hydrogen-bond donors (Lipinski definition) is 0. The summed E-state index contributed by atoms with van der Waals surface area (Å²) in [6.07, 6.45) is 1.09. The number of carbonyl (C=O) groups is 1. The Labute approximate surface area is 135 Å². The van der Waals surface area contributed by atoms with Crippen molar-refractivity contribution in [3.8, 4) is 0 Å². The number of para-hydroxylation sites is 2. The molecule has 23 heavy (non-hydrogen) atoms. The molecule has 2 aromatic rings. The van der Waals surface area contributed by atoms with Gasteiger partial charge in [0.2, 0.25) is 0 Å². The van der Waals surface area contributed by atoms with Gasteiger partial charge in [-0.3, -0.25) is 4.79 Å². The minimum absolute atomic E-state index is 0.0971. The molecule has 2 fully saturated rings. The number of aromatic nitrogens is 1. The highest BCUT2D eigenvalue weighted by Crippen LogP contribution is 2.62. The van der Waals surface area contributed by atoms with Gasteiger partial charge in [0.05, 0.1) is 6.61 Å². The third kappa shape index (κ3) is 2.10. The van der Waals surface area contributed by atoms with Crippen molar-refractivity contribution in [2.45, 2.75) is 20.3 Å². The normalized spacial score (nSPS) is 28.7. The smallest absolute Gasteiger partial charge is 0.309 e. The fraction of sp³-hybridized carbons (Fsp3) is 0.556. The number of methoxy groups -OCH3 is 1. The molecule has 5 nitrogen and oxygen atoms in total. The van der Waals surface area contributed by atoms with Gasteiger partial charge in [-0.2, -0.15) is 0 Å². The first-order valence-electron chi connectivity index (χ1n) is 8.09. The highest BCUT2D eigenvalue weighted by Gasteiger charge is 2.63. The monoisotopic (exact) mass is 314 g/mol. The molecule has 4 rings (SSSR count). The van der Waals surface area contributed by atoms with Crippen molar-refractivity contribution in [1.29, 1.82) is 0 Å². The lowest BCUT2D eigenvalue weighted by molar-refractivity contribution is -0.107. The number of hydrogen-bond acceptors (Lipinski definition) is 4. The lowest BCUT2D eigenvalue weighted by atomic mass is 9.48. The SMILES string of the molecule is COC[C@@]12CN(C(=O)c3nc4ccccc4o3)C[C@@H]1C(C)(C)C2. The molecule has 122 valence electrons. The fourth-order valence-electron chi connectivity index (χ4n) is 4.86. The Balaban J connectivity index is 1.60. The van der Waals surface area contributed by atoms with Crippen molar-refractivity contribution in [3.63, 3.8) is 0 Å². The summed E-state index contributed by atoms with van der Waals surface area (Å²) < 4.78 is 11.1. The van der Waals surface area contributed by atoms with Gasteiger partial charge in [-0.05, 0) is 29.9 Å². The lowest BCUT2D eigenvalue weighted by Crippen LogP contribution is -2.55. The van der Waals surface area contributed by atoms with Crippen molar-refractivity contribution in [2.75, 3.05) is 26.8 Å². The third-order valence-electron chi connectivity index (χ3n) is 5.59. The predicted molar refractivity (Wildman–Crippen MR) is 86.1 cm³/mol. The molecule has 2 atom stereocenters.